The molecule has 4 rings (SSSR count). The molecule has 7 nitrogen and oxygen atoms in total. The standard InChI is InChI=1S/C25H30N4O3/c1-32-16-11-26-24(30)19-27-12-14-28(15-13-27)25(31)22-18-29(17-20-7-3-2-4-8-20)23-10-6-5-9-21(22)23/h2-10,18H,11-17,19H2,1H3,(H,26,30). The van der Waals surface area contributed by atoms with Crippen molar-refractivity contribution in [2.45, 2.75) is 6.54 Å². The summed E-state index contributed by atoms with van der Waals surface area (Å²) < 4.78 is 7.11. The third-order valence-corrected chi connectivity index (χ3v) is 5.87. The van der Waals surface area contributed by atoms with E-state index < -0.39 is 0 Å². The largest absolute Gasteiger partial charge is 0.383 e. The lowest BCUT2D eigenvalue weighted by molar-refractivity contribution is -0.122. The number of hydrogen-bond acceptors (Lipinski definition) is 4. The molecule has 32 heavy (non-hydrogen) atoms. The van der Waals surface area contributed by atoms with Gasteiger partial charge >= 0.3 is 0 Å². The molecule has 0 spiro atoms. The third-order valence-electron chi connectivity index (χ3n) is 5.87. The van der Waals surface area contributed by atoms with E-state index in [4.69, 9.17) is 4.74 Å². The topological polar surface area (TPSA) is 66.8 Å². The average molecular weight is 435 g/mol. The number of carbonyl (C=O) groups is 2. The minimum absolute atomic E-state index is 0.00851. The van der Waals surface area contributed by atoms with Crippen molar-refractivity contribution >= 4 is 22.7 Å². The normalized spacial score (nSPS) is 14.6. The molecule has 2 amide bonds. The first-order chi connectivity index (χ1) is 15.7. The number of aromatic nitrogens is 1. The molecule has 0 unspecified atom stereocenters. The molecule has 2 heterocycles. The van der Waals surface area contributed by atoms with Crippen molar-refractivity contribution in [3.8, 4) is 0 Å². The lowest BCUT2D eigenvalue weighted by Gasteiger charge is -2.34. The second-order valence-corrected chi connectivity index (χ2v) is 8.08. The smallest absolute Gasteiger partial charge is 0.256 e. The van der Waals surface area contributed by atoms with E-state index >= 15 is 0 Å². The number of hydrogen-bond donors (Lipinski definition) is 1. The van der Waals surface area contributed by atoms with Gasteiger partial charge in [0.25, 0.3) is 5.91 Å². The third kappa shape index (κ3) is 5.18. The van der Waals surface area contributed by atoms with E-state index in [0.29, 0.717) is 45.9 Å². The van der Waals surface area contributed by atoms with Crippen LogP contribution in [0.4, 0.5) is 0 Å². The molecule has 1 saturated heterocycles. The van der Waals surface area contributed by atoms with Gasteiger partial charge in [0.05, 0.1) is 18.7 Å². The highest BCUT2D eigenvalue weighted by atomic mass is 16.5. The van der Waals surface area contributed by atoms with E-state index in [1.165, 1.54) is 5.56 Å². The van der Waals surface area contributed by atoms with Crippen molar-refractivity contribution in [1.29, 1.82) is 0 Å². The van der Waals surface area contributed by atoms with E-state index in [2.05, 4.69) is 33.0 Å². The number of piperazine rings is 1. The van der Waals surface area contributed by atoms with Crippen molar-refractivity contribution in [2.24, 2.45) is 0 Å². The number of fused-ring (bicyclic) bond motifs is 1. The van der Waals surface area contributed by atoms with Crippen LogP contribution < -0.4 is 5.32 Å². The summed E-state index contributed by atoms with van der Waals surface area (Å²) in [6.07, 6.45) is 1.98. The summed E-state index contributed by atoms with van der Waals surface area (Å²) in [6.45, 7) is 4.69. The fraction of sp³-hybridized carbons (Fsp3) is 0.360. The quantitative estimate of drug-likeness (QED) is 0.552. The summed E-state index contributed by atoms with van der Waals surface area (Å²) >= 11 is 0. The Morgan fingerprint density at radius 1 is 0.969 bits per heavy atom. The van der Waals surface area contributed by atoms with Crippen LogP contribution in [0.15, 0.2) is 60.8 Å². The Kier molecular flexibility index (Phi) is 7.19. The van der Waals surface area contributed by atoms with E-state index in [1.54, 1.807) is 7.11 Å². The Hall–Kier alpha value is -3.16. The van der Waals surface area contributed by atoms with Gasteiger partial charge in [-0.3, -0.25) is 14.5 Å². The van der Waals surface area contributed by atoms with Crippen molar-refractivity contribution < 1.29 is 14.3 Å². The molecule has 1 aliphatic rings. The van der Waals surface area contributed by atoms with Gasteiger partial charge in [-0.25, -0.2) is 0 Å². The number of amides is 2. The number of benzene rings is 2. The predicted molar refractivity (Wildman–Crippen MR) is 125 cm³/mol. The first kappa shape index (κ1) is 22.0. The van der Waals surface area contributed by atoms with Crippen molar-refractivity contribution in [3.05, 3.63) is 71.9 Å². The second kappa shape index (κ2) is 10.4. The molecule has 0 aliphatic carbocycles. The van der Waals surface area contributed by atoms with Crippen molar-refractivity contribution in [3.63, 3.8) is 0 Å². The molecule has 1 aliphatic heterocycles. The Morgan fingerprint density at radius 3 is 2.44 bits per heavy atom. The molecule has 7 heteroatoms. The fourth-order valence-electron chi connectivity index (χ4n) is 4.16. The van der Waals surface area contributed by atoms with Crippen LogP contribution in [0.2, 0.25) is 0 Å². The van der Waals surface area contributed by atoms with Gasteiger partial charge in [-0.1, -0.05) is 48.5 Å². The Bertz CT molecular complexity index is 1060. The minimum atomic E-state index is -0.00851. The first-order valence-corrected chi connectivity index (χ1v) is 11.0. The molecular weight excluding hydrogens is 404 g/mol. The number of nitrogens with zero attached hydrogens (tertiary/aromatic N) is 3. The summed E-state index contributed by atoms with van der Waals surface area (Å²) in [5.41, 5.74) is 3.00. The maximum Gasteiger partial charge on any atom is 0.256 e. The number of rotatable bonds is 8. The zero-order chi connectivity index (χ0) is 22.3. The zero-order valence-corrected chi connectivity index (χ0v) is 18.5. The molecule has 1 aromatic heterocycles. The predicted octanol–water partition coefficient (Wildman–Crippen LogP) is 2.21. The number of nitrogens with one attached hydrogen (secondary N) is 1. The van der Waals surface area contributed by atoms with Crippen LogP contribution in [0, 0.1) is 0 Å². The van der Waals surface area contributed by atoms with Crippen LogP contribution in [-0.2, 0) is 16.1 Å². The summed E-state index contributed by atoms with van der Waals surface area (Å²) in [7, 11) is 1.61. The van der Waals surface area contributed by atoms with Gasteiger partial charge in [0, 0.05) is 63.5 Å². The molecule has 1 fully saturated rings. The summed E-state index contributed by atoms with van der Waals surface area (Å²) in [5, 5.41) is 3.82. The summed E-state index contributed by atoms with van der Waals surface area (Å²) in [6, 6.07) is 18.3. The van der Waals surface area contributed by atoms with E-state index in [-0.39, 0.29) is 11.8 Å². The van der Waals surface area contributed by atoms with Gasteiger partial charge in [-0.05, 0) is 11.6 Å². The van der Waals surface area contributed by atoms with Crippen LogP contribution in [-0.4, -0.2) is 79.2 Å². The van der Waals surface area contributed by atoms with E-state index in [9.17, 15) is 9.59 Å². The molecule has 2 aromatic carbocycles. The Labute approximate surface area is 188 Å². The first-order valence-electron chi connectivity index (χ1n) is 11.0. The molecule has 1 N–H and O–H groups in total. The van der Waals surface area contributed by atoms with Crippen molar-refractivity contribution in [1.82, 2.24) is 19.7 Å². The number of ether oxygens (including phenoxy) is 1. The lowest BCUT2D eigenvalue weighted by atomic mass is 10.1. The monoisotopic (exact) mass is 434 g/mol. The maximum absolute atomic E-state index is 13.4. The van der Waals surface area contributed by atoms with Crippen LogP contribution in [0.25, 0.3) is 10.9 Å². The zero-order valence-electron chi connectivity index (χ0n) is 18.5. The van der Waals surface area contributed by atoms with Crippen LogP contribution >= 0.6 is 0 Å². The minimum Gasteiger partial charge on any atom is -0.383 e. The van der Waals surface area contributed by atoms with Gasteiger partial charge in [0.2, 0.25) is 5.91 Å². The SMILES string of the molecule is COCCNC(=O)CN1CCN(C(=O)c2cn(Cc3ccccc3)c3ccccc23)CC1. The lowest BCUT2D eigenvalue weighted by Crippen LogP contribution is -2.51. The van der Waals surface area contributed by atoms with Crippen molar-refractivity contribution in [2.75, 3.05) is 53.0 Å². The van der Waals surface area contributed by atoms with Gasteiger partial charge in [0.1, 0.15) is 0 Å². The molecule has 3 aromatic rings. The Balaban J connectivity index is 1.42. The van der Waals surface area contributed by atoms with Crippen LogP contribution in [0.1, 0.15) is 15.9 Å². The number of carbonyl (C=O) groups excluding carboxylic acids is 2. The van der Waals surface area contributed by atoms with Gasteiger partial charge < -0.3 is 19.5 Å². The summed E-state index contributed by atoms with van der Waals surface area (Å²) in [5.74, 6) is 0.0445. The Morgan fingerprint density at radius 2 is 1.69 bits per heavy atom. The van der Waals surface area contributed by atoms with Gasteiger partial charge in [-0.2, -0.15) is 0 Å². The molecular formula is C25H30N4O3. The molecule has 0 saturated carbocycles. The van der Waals surface area contributed by atoms with Gasteiger partial charge in [-0.15, -0.1) is 0 Å². The van der Waals surface area contributed by atoms with E-state index in [1.807, 2.05) is 47.5 Å². The average Bonchev–Trinajstić information content (AvgIpc) is 3.18. The van der Waals surface area contributed by atoms with Crippen LogP contribution in [0.3, 0.4) is 0 Å². The van der Waals surface area contributed by atoms with E-state index in [0.717, 1.165) is 23.0 Å². The number of methoxy groups -OCH3 is 1. The highest BCUT2D eigenvalue weighted by molar-refractivity contribution is 6.07. The molecule has 0 atom stereocenters. The van der Waals surface area contributed by atoms with Gasteiger partial charge in [0.15, 0.2) is 0 Å². The number of para-hydroxylation sites is 1. The molecule has 168 valence electrons. The van der Waals surface area contributed by atoms with Crippen LogP contribution in [0.5, 0.6) is 0 Å². The highest BCUT2D eigenvalue weighted by Crippen LogP contribution is 2.24. The highest BCUT2D eigenvalue weighted by Gasteiger charge is 2.25. The maximum atomic E-state index is 13.4. The molecule has 0 bridgehead atoms. The second-order valence-electron chi connectivity index (χ2n) is 8.08. The summed E-state index contributed by atoms with van der Waals surface area (Å²) in [4.78, 5) is 29.4. The molecule has 0 radical (unpaired) electrons. The fourth-order valence-corrected chi connectivity index (χ4v) is 4.16.